The van der Waals surface area contributed by atoms with Crippen LogP contribution in [0.15, 0.2) is 36.8 Å². The highest BCUT2D eigenvalue weighted by Crippen LogP contribution is 2.39. The number of carbonyl (C=O) groups is 2. The van der Waals surface area contributed by atoms with E-state index in [2.05, 4.69) is 30.9 Å². The standard InChI is InChI=1S/C24H29N7O3/c1-16-19(29-24(33)25-8-4-5-9-30-10-12-34-13-11-30)14-31-22(16)21(26-15-27-31)20-17-6-2-3-7-18(17)28-23(20)32/h2-3,6-7,14-15,20H,4-5,8-13H2,1H3,(H,28,32)(H2,25,29,33). The van der Waals surface area contributed by atoms with Gasteiger partial charge < -0.3 is 20.7 Å². The van der Waals surface area contributed by atoms with E-state index in [1.807, 2.05) is 31.2 Å². The van der Waals surface area contributed by atoms with Crippen molar-refractivity contribution in [3.05, 3.63) is 53.6 Å². The van der Waals surface area contributed by atoms with Crippen molar-refractivity contribution in [1.29, 1.82) is 0 Å². The van der Waals surface area contributed by atoms with E-state index in [9.17, 15) is 9.59 Å². The third-order valence-electron chi connectivity index (χ3n) is 6.46. The second kappa shape index (κ2) is 9.78. The maximum Gasteiger partial charge on any atom is 0.319 e. The minimum absolute atomic E-state index is 0.119. The Morgan fingerprint density at radius 3 is 2.91 bits per heavy atom. The Hall–Kier alpha value is -3.50. The van der Waals surface area contributed by atoms with Crippen LogP contribution in [0.1, 0.15) is 35.6 Å². The third-order valence-corrected chi connectivity index (χ3v) is 6.46. The molecule has 0 saturated carbocycles. The van der Waals surface area contributed by atoms with Crippen LogP contribution in [0.3, 0.4) is 0 Å². The van der Waals surface area contributed by atoms with Gasteiger partial charge in [0.25, 0.3) is 0 Å². The molecule has 4 heterocycles. The Morgan fingerprint density at radius 2 is 2.06 bits per heavy atom. The van der Waals surface area contributed by atoms with Gasteiger partial charge in [-0.1, -0.05) is 18.2 Å². The maximum atomic E-state index is 12.8. The van der Waals surface area contributed by atoms with Crippen molar-refractivity contribution in [2.75, 3.05) is 50.0 Å². The summed E-state index contributed by atoms with van der Waals surface area (Å²) in [6.07, 6.45) is 5.13. The first-order valence-corrected chi connectivity index (χ1v) is 11.7. The molecule has 34 heavy (non-hydrogen) atoms. The minimum Gasteiger partial charge on any atom is -0.379 e. The molecule has 0 bridgehead atoms. The Labute approximate surface area is 197 Å². The number of aryl methyl sites for hydroxylation is 1. The molecule has 2 aliphatic rings. The molecule has 3 amide bonds. The topological polar surface area (TPSA) is 113 Å². The molecule has 2 aromatic heterocycles. The van der Waals surface area contributed by atoms with Gasteiger partial charge in [0.15, 0.2) is 0 Å². The molecule has 178 valence electrons. The highest BCUT2D eigenvalue weighted by atomic mass is 16.5. The van der Waals surface area contributed by atoms with Gasteiger partial charge in [0.2, 0.25) is 5.91 Å². The summed E-state index contributed by atoms with van der Waals surface area (Å²) in [7, 11) is 0. The van der Waals surface area contributed by atoms with Crippen LogP contribution in [0.25, 0.3) is 5.52 Å². The van der Waals surface area contributed by atoms with E-state index in [-0.39, 0.29) is 11.9 Å². The number of aromatic nitrogens is 3. The summed E-state index contributed by atoms with van der Waals surface area (Å²) in [5.74, 6) is -0.643. The number of anilines is 2. The Balaban J connectivity index is 1.24. The molecule has 3 aromatic rings. The number of para-hydroxylation sites is 1. The Morgan fingerprint density at radius 1 is 1.24 bits per heavy atom. The van der Waals surface area contributed by atoms with Crippen LogP contribution in [0, 0.1) is 6.92 Å². The summed E-state index contributed by atoms with van der Waals surface area (Å²) in [6, 6.07) is 7.36. The van der Waals surface area contributed by atoms with Crippen LogP contribution >= 0.6 is 0 Å². The largest absolute Gasteiger partial charge is 0.379 e. The van der Waals surface area contributed by atoms with Gasteiger partial charge in [-0.05, 0) is 37.9 Å². The number of ether oxygens (including phenoxy) is 1. The predicted octanol–water partition coefficient (Wildman–Crippen LogP) is 2.36. The summed E-state index contributed by atoms with van der Waals surface area (Å²) >= 11 is 0. The molecule has 1 fully saturated rings. The first-order chi connectivity index (χ1) is 16.6. The predicted molar refractivity (Wildman–Crippen MR) is 128 cm³/mol. The SMILES string of the molecule is Cc1c(NC(=O)NCCCCN2CCOCC2)cn2ncnc(C3C(=O)Nc4ccccc43)c12. The average Bonchev–Trinajstić information content (AvgIpc) is 3.35. The molecular weight excluding hydrogens is 434 g/mol. The number of carbonyl (C=O) groups excluding carboxylic acids is 2. The third kappa shape index (κ3) is 4.46. The molecule has 1 atom stereocenters. The lowest BCUT2D eigenvalue weighted by Gasteiger charge is -2.26. The van der Waals surface area contributed by atoms with Gasteiger partial charge in [-0.25, -0.2) is 14.3 Å². The summed E-state index contributed by atoms with van der Waals surface area (Å²) in [5.41, 5.74) is 4.48. The van der Waals surface area contributed by atoms with Gasteiger partial charge in [-0.3, -0.25) is 9.69 Å². The number of nitrogens with one attached hydrogen (secondary N) is 3. The maximum absolute atomic E-state index is 12.8. The van der Waals surface area contributed by atoms with Gasteiger partial charge in [0.05, 0.1) is 36.3 Å². The molecular formula is C24H29N7O3. The summed E-state index contributed by atoms with van der Waals surface area (Å²) in [5, 5.41) is 13.1. The first kappa shape index (κ1) is 22.3. The van der Waals surface area contributed by atoms with Gasteiger partial charge >= 0.3 is 6.03 Å². The highest BCUT2D eigenvalue weighted by molar-refractivity contribution is 6.06. The number of hydrogen-bond donors (Lipinski definition) is 3. The lowest BCUT2D eigenvalue weighted by molar-refractivity contribution is -0.116. The zero-order chi connectivity index (χ0) is 23.5. The van der Waals surface area contributed by atoms with Crippen molar-refractivity contribution < 1.29 is 14.3 Å². The number of rotatable bonds is 7. The lowest BCUT2D eigenvalue weighted by Crippen LogP contribution is -2.37. The fourth-order valence-electron chi connectivity index (χ4n) is 4.66. The van der Waals surface area contributed by atoms with Crippen LogP contribution in [0.4, 0.5) is 16.2 Å². The van der Waals surface area contributed by atoms with E-state index in [1.54, 1.807) is 10.7 Å². The number of amides is 3. The molecule has 1 aromatic carbocycles. The fourth-order valence-corrected chi connectivity index (χ4v) is 4.66. The molecule has 0 aliphatic carbocycles. The van der Waals surface area contributed by atoms with Crippen LogP contribution in [-0.4, -0.2) is 70.8 Å². The molecule has 10 nitrogen and oxygen atoms in total. The normalized spacial score (nSPS) is 18.0. The van der Waals surface area contributed by atoms with Crippen LogP contribution in [0.2, 0.25) is 0 Å². The molecule has 2 aliphatic heterocycles. The van der Waals surface area contributed by atoms with Gasteiger partial charge in [-0.2, -0.15) is 5.10 Å². The summed E-state index contributed by atoms with van der Waals surface area (Å²) in [6.45, 7) is 7.09. The monoisotopic (exact) mass is 463 g/mol. The number of benzene rings is 1. The Bertz CT molecular complexity index is 1200. The molecule has 1 unspecified atom stereocenters. The quantitative estimate of drug-likeness (QED) is 0.464. The zero-order valence-electron chi connectivity index (χ0n) is 19.2. The van der Waals surface area contributed by atoms with E-state index in [1.165, 1.54) is 6.33 Å². The smallest absolute Gasteiger partial charge is 0.319 e. The average molecular weight is 464 g/mol. The van der Waals surface area contributed by atoms with Crippen molar-refractivity contribution in [2.45, 2.75) is 25.7 Å². The molecule has 3 N–H and O–H groups in total. The first-order valence-electron chi connectivity index (χ1n) is 11.7. The molecule has 0 radical (unpaired) electrons. The molecule has 10 heteroatoms. The fraction of sp³-hybridized carbons (Fsp3) is 0.417. The van der Waals surface area contributed by atoms with Crippen molar-refractivity contribution in [3.63, 3.8) is 0 Å². The summed E-state index contributed by atoms with van der Waals surface area (Å²) < 4.78 is 7.04. The number of hydrogen-bond acceptors (Lipinski definition) is 6. The second-order valence-electron chi connectivity index (χ2n) is 8.66. The highest BCUT2D eigenvalue weighted by Gasteiger charge is 2.35. The number of fused-ring (bicyclic) bond motifs is 2. The van der Waals surface area contributed by atoms with Crippen LogP contribution in [0.5, 0.6) is 0 Å². The van der Waals surface area contributed by atoms with Crippen LogP contribution in [-0.2, 0) is 9.53 Å². The number of unbranched alkanes of at least 4 members (excludes halogenated alkanes) is 1. The lowest BCUT2D eigenvalue weighted by atomic mass is 9.95. The van der Waals surface area contributed by atoms with Crippen LogP contribution < -0.4 is 16.0 Å². The number of nitrogens with zero attached hydrogens (tertiary/aromatic N) is 4. The minimum atomic E-state index is -0.525. The Kier molecular flexibility index (Phi) is 6.41. The van der Waals surface area contributed by atoms with Crippen molar-refractivity contribution in [1.82, 2.24) is 24.8 Å². The van der Waals surface area contributed by atoms with Crippen molar-refractivity contribution >= 4 is 28.8 Å². The van der Waals surface area contributed by atoms with Gasteiger partial charge in [-0.15, -0.1) is 0 Å². The summed E-state index contributed by atoms with van der Waals surface area (Å²) in [4.78, 5) is 32.1. The zero-order valence-corrected chi connectivity index (χ0v) is 19.2. The van der Waals surface area contributed by atoms with Gasteiger partial charge in [0.1, 0.15) is 12.2 Å². The van der Waals surface area contributed by atoms with Crippen molar-refractivity contribution in [2.24, 2.45) is 0 Å². The number of morpholine rings is 1. The molecule has 5 rings (SSSR count). The van der Waals surface area contributed by atoms with E-state index in [0.29, 0.717) is 17.9 Å². The van der Waals surface area contributed by atoms with E-state index < -0.39 is 5.92 Å². The molecule has 0 spiro atoms. The number of urea groups is 1. The van der Waals surface area contributed by atoms with Gasteiger partial charge in [0, 0.05) is 30.9 Å². The van der Waals surface area contributed by atoms with E-state index in [4.69, 9.17) is 4.74 Å². The second-order valence-corrected chi connectivity index (χ2v) is 8.66. The van der Waals surface area contributed by atoms with E-state index in [0.717, 1.165) is 68.0 Å². The molecule has 1 saturated heterocycles. The van der Waals surface area contributed by atoms with Crippen molar-refractivity contribution in [3.8, 4) is 0 Å². The van der Waals surface area contributed by atoms with E-state index >= 15 is 0 Å².